The van der Waals surface area contributed by atoms with E-state index in [1.165, 1.54) is 11.1 Å². The molecule has 0 bridgehead atoms. The van der Waals surface area contributed by atoms with Gasteiger partial charge in [0.25, 0.3) is 0 Å². The maximum absolute atomic E-state index is 5.90. The molecule has 0 saturated heterocycles. The van der Waals surface area contributed by atoms with Gasteiger partial charge in [0.05, 0.1) is 15.6 Å². The molecular formula is C17H19Br2NO. The summed E-state index contributed by atoms with van der Waals surface area (Å²) in [6, 6.07) is 14.6. The molecule has 2 rings (SSSR count). The number of benzene rings is 2. The molecule has 0 spiro atoms. The van der Waals surface area contributed by atoms with E-state index in [4.69, 9.17) is 10.5 Å². The molecule has 2 N–H and O–H groups in total. The average Bonchev–Trinajstić information content (AvgIpc) is 2.47. The number of hydrogen-bond donors (Lipinski definition) is 1. The Bertz CT molecular complexity index is 549. The molecule has 0 aliphatic rings. The lowest BCUT2D eigenvalue weighted by molar-refractivity contribution is 0.307. The fourth-order valence-electron chi connectivity index (χ4n) is 2.16. The van der Waals surface area contributed by atoms with Crippen molar-refractivity contribution in [1.29, 1.82) is 0 Å². The van der Waals surface area contributed by atoms with Gasteiger partial charge in [0.2, 0.25) is 0 Å². The van der Waals surface area contributed by atoms with Crippen molar-refractivity contribution < 1.29 is 4.74 Å². The van der Waals surface area contributed by atoms with Gasteiger partial charge in [-0.3, -0.25) is 0 Å². The third-order valence-electron chi connectivity index (χ3n) is 3.19. The van der Waals surface area contributed by atoms with E-state index in [1.807, 2.05) is 6.07 Å². The van der Waals surface area contributed by atoms with Crippen LogP contribution in [0.5, 0.6) is 5.75 Å². The monoisotopic (exact) mass is 411 g/mol. The Balaban J connectivity index is 1.88. The van der Waals surface area contributed by atoms with Crippen LogP contribution in [0.3, 0.4) is 0 Å². The van der Waals surface area contributed by atoms with E-state index in [9.17, 15) is 0 Å². The van der Waals surface area contributed by atoms with Crippen LogP contribution < -0.4 is 10.5 Å². The van der Waals surface area contributed by atoms with Crippen molar-refractivity contribution in [3.8, 4) is 5.75 Å². The number of halogens is 2. The second-order valence-electron chi connectivity index (χ2n) is 4.86. The number of ether oxygens (including phenoxy) is 1. The van der Waals surface area contributed by atoms with Gasteiger partial charge in [-0.05, 0) is 80.9 Å². The number of hydrogen-bond acceptors (Lipinski definition) is 2. The van der Waals surface area contributed by atoms with E-state index in [-0.39, 0.29) is 0 Å². The molecule has 4 heteroatoms. The predicted octanol–water partition coefficient (Wildman–Crippen LogP) is 4.72. The first-order chi connectivity index (χ1) is 10.2. The first-order valence-electron chi connectivity index (χ1n) is 7.05. The highest BCUT2D eigenvalue weighted by molar-refractivity contribution is 9.11. The van der Waals surface area contributed by atoms with Gasteiger partial charge in [0.1, 0.15) is 5.75 Å². The fourth-order valence-corrected chi connectivity index (χ4v) is 3.67. The van der Waals surface area contributed by atoms with Crippen molar-refractivity contribution in [2.24, 2.45) is 5.73 Å². The Hall–Kier alpha value is -0.840. The molecule has 0 radical (unpaired) electrons. The summed E-state index contributed by atoms with van der Waals surface area (Å²) in [7, 11) is 0. The maximum Gasteiger partial charge on any atom is 0.147 e. The second-order valence-corrected chi connectivity index (χ2v) is 6.57. The third-order valence-corrected chi connectivity index (χ3v) is 4.37. The quantitative estimate of drug-likeness (QED) is 0.667. The van der Waals surface area contributed by atoms with Gasteiger partial charge in [-0.15, -0.1) is 0 Å². The molecule has 0 saturated carbocycles. The summed E-state index contributed by atoms with van der Waals surface area (Å²) in [6.07, 6.45) is 2.89. The van der Waals surface area contributed by atoms with Crippen LogP contribution in [0, 0.1) is 0 Å². The molecule has 21 heavy (non-hydrogen) atoms. The van der Waals surface area contributed by atoms with Gasteiger partial charge in [-0.1, -0.05) is 30.3 Å². The van der Waals surface area contributed by atoms with Gasteiger partial charge in [-0.2, -0.15) is 0 Å². The molecule has 0 atom stereocenters. The van der Waals surface area contributed by atoms with Crippen molar-refractivity contribution in [3.63, 3.8) is 0 Å². The van der Waals surface area contributed by atoms with Crippen LogP contribution in [0.1, 0.15) is 17.5 Å². The minimum absolute atomic E-state index is 0.649. The number of rotatable bonds is 7. The zero-order valence-corrected chi connectivity index (χ0v) is 15.0. The van der Waals surface area contributed by atoms with E-state index < -0.39 is 0 Å². The summed E-state index contributed by atoms with van der Waals surface area (Å²) in [5.41, 5.74) is 8.14. The summed E-state index contributed by atoms with van der Waals surface area (Å²) in [4.78, 5) is 0. The Kier molecular flexibility index (Phi) is 6.74. The second kappa shape index (κ2) is 8.57. The minimum Gasteiger partial charge on any atom is -0.491 e. The minimum atomic E-state index is 0.649. The van der Waals surface area contributed by atoms with Crippen LogP contribution >= 0.6 is 31.9 Å². The van der Waals surface area contributed by atoms with E-state index in [2.05, 4.69) is 68.3 Å². The van der Waals surface area contributed by atoms with Crippen molar-refractivity contribution in [1.82, 2.24) is 0 Å². The normalized spacial score (nSPS) is 10.6. The number of aryl methyl sites for hydroxylation is 1. The van der Waals surface area contributed by atoms with Crippen molar-refractivity contribution in [2.45, 2.75) is 19.3 Å². The van der Waals surface area contributed by atoms with E-state index >= 15 is 0 Å². The lowest BCUT2D eigenvalue weighted by atomic mass is 10.1. The zero-order valence-electron chi connectivity index (χ0n) is 11.8. The molecule has 0 aliphatic carbocycles. The molecular weight excluding hydrogens is 394 g/mol. The first-order valence-corrected chi connectivity index (χ1v) is 8.64. The largest absolute Gasteiger partial charge is 0.491 e. The molecule has 0 fully saturated rings. The van der Waals surface area contributed by atoms with Crippen LogP contribution in [-0.2, 0) is 12.8 Å². The molecule has 0 amide bonds. The Morgan fingerprint density at radius 3 is 2.19 bits per heavy atom. The van der Waals surface area contributed by atoms with Crippen LogP contribution in [0.25, 0.3) is 0 Å². The Labute approximate surface area is 143 Å². The van der Waals surface area contributed by atoms with Crippen molar-refractivity contribution >= 4 is 31.9 Å². The zero-order chi connectivity index (χ0) is 15.1. The Morgan fingerprint density at radius 2 is 1.57 bits per heavy atom. The topological polar surface area (TPSA) is 35.2 Å². The predicted molar refractivity (Wildman–Crippen MR) is 94.9 cm³/mol. The van der Waals surface area contributed by atoms with Crippen molar-refractivity contribution in [2.75, 3.05) is 13.2 Å². The van der Waals surface area contributed by atoms with E-state index in [0.717, 1.165) is 34.0 Å². The standard InChI is InChI=1S/C17H19Br2NO/c18-15-11-14(8-9-20)12-16(19)17(15)21-10-4-7-13-5-2-1-3-6-13/h1-3,5-6,11-12H,4,7-10,20H2. The smallest absolute Gasteiger partial charge is 0.147 e. The molecule has 112 valence electrons. The number of nitrogens with two attached hydrogens (primary N) is 1. The SMILES string of the molecule is NCCc1cc(Br)c(OCCCc2ccccc2)c(Br)c1. The van der Waals surface area contributed by atoms with Gasteiger partial charge in [0, 0.05) is 0 Å². The lowest BCUT2D eigenvalue weighted by Crippen LogP contribution is -2.04. The van der Waals surface area contributed by atoms with Crippen LogP contribution in [0.4, 0.5) is 0 Å². The van der Waals surface area contributed by atoms with E-state index in [0.29, 0.717) is 13.2 Å². The van der Waals surface area contributed by atoms with Gasteiger partial charge >= 0.3 is 0 Å². The van der Waals surface area contributed by atoms with Gasteiger partial charge in [-0.25, -0.2) is 0 Å². The van der Waals surface area contributed by atoms with Gasteiger partial charge < -0.3 is 10.5 Å². The maximum atomic E-state index is 5.90. The molecule has 0 heterocycles. The van der Waals surface area contributed by atoms with Gasteiger partial charge in [0.15, 0.2) is 0 Å². The summed E-state index contributed by atoms with van der Waals surface area (Å²) < 4.78 is 7.84. The fraction of sp³-hybridized carbons (Fsp3) is 0.294. The molecule has 2 aromatic carbocycles. The highest BCUT2D eigenvalue weighted by Gasteiger charge is 2.08. The lowest BCUT2D eigenvalue weighted by Gasteiger charge is -2.12. The molecule has 2 nitrogen and oxygen atoms in total. The molecule has 0 aromatic heterocycles. The van der Waals surface area contributed by atoms with Crippen LogP contribution in [0.15, 0.2) is 51.4 Å². The van der Waals surface area contributed by atoms with Crippen LogP contribution in [-0.4, -0.2) is 13.2 Å². The summed E-state index contributed by atoms with van der Waals surface area (Å²) in [5.74, 6) is 0.865. The Morgan fingerprint density at radius 1 is 0.905 bits per heavy atom. The first kappa shape index (κ1) is 16.5. The molecule has 0 aliphatic heterocycles. The summed E-state index contributed by atoms with van der Waals surface area (Å²) in [5, 5.41) is 0. The summed E-state index contributed by atoms with van der Waals surface area (Å²) in [6.45, 7) is 1.35. The molecule has 0 unspecified atom stereocenters. The van der Waals surface area contributed by atoms with Crippen LogP contribution in [0.2, 0.25) is 0 Å². The third kappa shape index (κ3) is 5.13. The average molecular weight is 413 g/mol. The van der Waals surface area contributed by atoms with E-state index in [1.54, 1.807) is 0 Å². The van der Waals surface area contributed by atoms with Crippen molar-refractivity contribution in [3.05, 3.63) is 62.5 Å². The highest BCUT2D eigenvalue weighted by atomic mass is 79.9. The highest BCUT2D eigenvalue weighted by Crippen LogP contribution is 2.35. The molecule has 2 aromatic rings. The summed E-state index contributed by atoms with van der Waals surface area (Å²) >= 11 is 7.14.